The fraction of sp³-hybridized carbons (Fsp3) is 0.247. The van der Waals surface area contributed by atoms with Crippen LogP contribution in [0.5, 0.6) is 34.5 Å². The second-order valence-corrected chi connectivity index (χ2v) is 24.0. The number of rotatable bonds is 18. The van der Waals surface area contributed by atoms with E-state index in [2.05, 4.69) is 128 Å². The second-order valence-electron chi connectivity index (χ2n) is 24.0. The van der Waals surface area contributed by atoms with Gasteiger partial charge in [-0.3, -0.25) is 9.59 Å². The van der Waals surface area contributed by atoms with Crippen molar-refractivity contribution in [1.29, 1.82) is 0 Å². The minimum atomic E-state index is -1.17. The molecule has 14 heteroatoms. The standard InChI is InChI=1S/C77H76N8O6/c1-12-78-64-37-70-60(33-47(64)7)76(61-34-48(8)65(79-13-2)38-71(61)90-70)58-28-20-18-26-54(58)74(86)84(76)82-41-52-24-16-22-30-68(52)88-43-56-45(5)32-46(6)57(51(56)11)44-89-69-31-23-17-25-53(69)42-83-85-75(87)55-27-19-21-29-59(55)77(85)62-35-49(9)66(80-14-3)39-72(62)91-73-40-67(81-15-4)50(10)36-63(73)77/h16-42,78-81H,12-15,43-44H2,1-11H3/b82-41+,83-42+. The Morgan fingerprint density at radius 1 is 0.407 bits per heavy atom. The summed E-state index contributed by atoms with van der Waals surface area (Å²) < 4.78 is 27.4. The van der Waals surface area contributed by atoms with E-state index in [1.54, 1.807) is 22.4 Å². The van der Waals surface area contributed by atoms with Crippen LogP contribution >= 0.6 is 0 Å². The zero-order valence-corrected chi connectivity index (χ0v) is 53.6. The lowest BCUT2D eigenvalue weighted by Gasteiger charge is -2.42. The van der Waals surface area contributed by atoms with Gasteiger partial charge in [0.15, 0.2) is 0 Å². The second kappa shape index (κ2) is 23.9. The molecule has 0 bridgehead atoms. The van der Waals surface area contributed by atoms with Crippen LogP contribution in [0.4, 0.5) is 22.7 Å². The molecule has 0 saturated carbocycles. The molecule has 0 atom stereocenters. The molecule has 4 aliphatic heterocycles. The molecule has 9 aromatic rings. The SMILES string of the molecule is CCNc1cc2c(cc1C)C1(c3cc(C)c(NCC)cc3O2)c2ccccc2C(=O)N1/N=C/c1ccccc1OCc1c(C)cc(C)c(COc2ccccc2/C=N/N2C(=O)c3ccccc3C23c2cc(C)c(NCC)cc2Oc2cc(NCC)c(C)cc23)c1C. The van der Waals surface area contributed by atoms with E-state index in [9.17, 15) is 0 Å². The largest absolute Gasteiger partial charge is 0.488 e. The number of ether oxygens (including phenoxy) is 4. The number of nitrogens with one attached hydrogen (secondary N) is 4. The fourth-order valence-corrected chi connectivity index (χ4v) is 14.0. The summed E-state index contributed by atoms with van der Waals surface area (Å²) in [6, 6.07) is 50.2. The average molecular weight is 1210 g/mol. The molecule has 14 nitrogen and oxygen atoms in total. The number of nitrogens with zero attached hydrogens (tertiary/aromatic N) is 4. The Hall–Kier alpha value is -10.3. The minimum Gasteiger partial charge on any atom is -0.488 e. The number of carbonyl (C=O) groups excluding carboxylic acids is 2. The van der Waals surface area contributed by atoms with Crippen LogP contribution in [0.15, 0.2) is 162 Å². The van der Waals surface area contributed by atoms with E-state index in [-0.39, 0.29) is 25.0 Å². The van der Waals surface area contributed by atoms with Gasteiger partial charge < -0.3 is 40.2 Å². The van der Waals surface area contributed by atoms with E-state index in [1.807, 2.05) is 121 Å². The van der Waals surface area contributed by atoms with Crippen molar-refractivity contribution >= 4 is 47.0 Å². The summed E-state index contributed by atoms with van der Waals surface area (Å²) in [5.41, 5.74) is 18.3. The van der Waals surface area contributed by atoms with E-state index in [1.165, 1.54) is 0 Å². The molecule has 0 aliphatic carbocycles. The van der Waals surface area contributed by atoms with Gasteiger partial charge in [-0.1, -0.05) is 66.7 Å². The Morgan fingerprint density at radius 2 is 0.725 bits per heavy atom. The summed E-state index contributed by atoms with van der Waals surface area (Å²) in [6.07, 6.45) is 3.49. The van der Waals surface area contributed by atoms with Crippen LogP contribution in [0, 0.1) is 48.5 Å². The molecule has 91 heavy (non-hydrogen) atoms. The van der Waals surface area contributed by atoms with Gasteiger partial charge in [-0.2, -0.15) is 10.2 Å². The first-order chi connectivity index (χ1) is 44.1. The first-order valence-corrected chi connectivity index (χ1v) is 31.6. The van der Waals surface area contributed by atoms with Gasteiger partial charge >= 0.3 is 0 Å². The van der Waals surface area contributed by atoms with Crippen molar-refractivity contribution in [3.05, 3.63) is 257 Å². The number of carbonyl (C=O) groups is 2. The molecular formula is C77H76N8O6. The molecule has 2 spiro atoms. The molecule has 0 radical (unpaired) electrons. The number of amides is 2. The van der Waals surface area contributed by atoms with Crippen LogP contribution in [0.2, 0.25) is 0 Å². The summed E-state index contributed by atoms with van der Waals surface area (Å²) >= 11 is 0. The maximum Gasteiger partial charge on any atom is 0.275 e. The Kier molecular flexibility index (Phi) is 15.6. The van der Waals surface area contributed by atoms with Crippen molar-refractivity contribution in [2.24, 2.45) is 10.2 Å². The molecular weight excluding hydrogens is 1130 g/mol. The molecule has 4 aliphatic rings. The molecule has 0 saturated heterocycles. The third-order valence-electron chi connectivity index (χ3n) is 18.4. The first kappa shape index (κ1) is 59.6. The molecule has 460 valence electrons. The van der Waals surface area contributed by atoms with Gasteiger partial charge in [0.25, 0.3) is 11.8 Å². The van der Waals surface area contributed by atoms with Crippen LogP contribution in [0.25, 0.3) is 0 Å². The van der Waals surface area contributed by atoms with Gasteiger partial charge in [0.1, 0.15) is 58.8 Å². The Labute approximate surface area is 532 Å². The number of anilines is 4. The number of hydrazone groups is 2. The Bertz CT molecular complexity index is 4090. The monoisotopic (exact) mass is 1210 g/mol. The average Bonchev–Trinajstić information content (AvgIpc) is 1.60. The lowest BCUT2D eigenvalue weighted by atomic mass is 9.74. The van der Waals surface area contributed by atoms with Crippen molar-refractivity contribution in [1.82, 2.24) is 10.0 Å². The van der Waals surface area contributed by atoms with Crippen molar-refractivity contribution in [3.8, 4) is 34.5 Å². The topological polar surface area (TPSA) is 150 Å². The highest BCUT2D eigenvalue weighted by atomic mass is 16.5. The molecule has 0 fully saturated rings. The Balaban J connectivity index is 0.807. The molecule has 9 aromatic carbocycles. The highest BCUT2D eigenvalue weighted by Gasteiger charge is 2.59. The van der Waals surface area contributed by atoms with E-state index >= 15 is 9.59 Å². The minimum absolute atomic E-state index is 0.224. The summed E-state index contributed by atoms with van der Waals surface area (Å²) in [7, 11) is 0. The van der Waals surface area contributed by atoms with E-state index < -0.39 is 11.1 Å². The van der Waals surface area contributed by atoms with Gasteiger partial charge in [-0.15, -0.1) is 0 Å². The quantitative estimate of drug-likeness (QED) is 0.0612. The number of benzene rings is 9. The van der Waals surface area contributed by atoms with Crippen molar-refractivity contribution in [2.45, 2.75) is 100 Å². The van der Waals surface area contributed by atoms with Crippen LogP contribution in [-0.2, 0) is 24.3 Å². The van der Waals surface area contributed by atoms with Gasteiger partial charge in [0, 0.05) is 129 Å². The highest BCUT2D eigenvalue weighted by molar-refractivity contribution is 6.04. The molecule has 4 heterocycles. The maximum atomic E-state index is 15.1. The number of para-hydroxylation sites is 2. The molecule has 4 N–H and O–H groups in total. The first-order valence-electron chi connectivity index (χ1n) is 31.6. The summed E-state index contributed by atoms with van der Waals surface area (Å²) in [6.45, 7) is 26.4. The number of fused-ring (bicyclic) bond motifs is 12. The predicted molar refractivity (Wildman–Crippen MR) is 364 cm³/mol. The zero-order valence-electron chi connectivity index (χ0n) is 53.6. The van der Waals surface area contributed by atoms with Gasteiger partial charge in [0.2, 0.25) is 0 Å². The van der Waals surface area contributed by atoms with E-state index in [0.29, 0.717) is 56.8 Å². The fourth-order valence-electron chi connectivity index (χ4n) is 14.0. The van der Waals surface area contributed by atoms with E-state index in [0.717, 1.165) is 132 Å². The molecule has 0 aromatic heterocycles. The number of aryl methyl sites for hydroxylation is 6. The predicted octanol–water partition coefficient (Wildman–Crippen LogP) is 16.5. The summed E-state index contributed by atoms with van der Waals surface area (Å²) in [4.78, 5) is 30.3. The van der Waals surface area contributed by atoms with Crippen LogP contribution in [0.1, 0.15) is 143 Å². The van der Waals surface area contributed by atoms with Gasteiger partial charge in [-0.25, -0.2) is 10.0 Å². The molecule has 13 rings (SSSR count). The van der Waals surface area contributed by atoms with Crippen LogP contribution in [-0.4, -0.2) is 60.4 Å². The zero-order chi connectivity index (χ0) is 63.5. The Morgan fingerprint density at radius 3 is 1.07 bits per heavy atom. The van der Waals surface area contributed by atoms with Crippen molar-refractivity contribution < 1.29 is 28.5 Å². The molecule has 2 amide bonds. The lowest BCUT2D eigenvalue weighted by molar-refractivity contribution is 0.0667. The molecule has 0 unspecified atom stereocenters. The third-order valence-corrected chi connectivity index (χ3v) is 18.4. The normalized spacial score (nSPS) is 14.4. The van der Waals surface area contributed by atoms with Crippen LogP contribution in [0.3, 0.4) is 0 Å². The van der Waals surface area contributed by atoms with Crippen molar-refractivity contribution in [3.63, 3.8) is 0 Å². The smallest absolute Gasteiger partial charge is 0.275 e. The summed E-state index contributed by atoms with van der Waals surface area (Å²) in [5.74, 6) is 3.35. The van der Waals surface area contributed by atoms with Gasteiger partial charge in [-0.05, 0) is 187 Å². The highest BCUT2D eigenvalue weighted by Crippen LogP contribution is 2.61. The summed E-state index contributed by atoms with van der Waals surface area (Å²) in [5, 5.41) is 27.8. The van der Waals surface area contributed by atoms with Crippen LogP contribution < -0.4 is 40.2 Å². The number of hydrogen-bond acceptors (Lipinski definition) is 12. The maximum absolute atomic E-state index is 15.1. The third kappa shape index (κ3) is 9.78. The van der Waals surface area contributed by atoms with Gasteiger partial charge in [0.05, 0.1) is 12.4 Å². The van der Waals surface area contributed by atoms with E-state index in [4.69, 9.17) is 29.2 Å². The van der Waals surface area contributed by atoms with Crippen molar-refractivity contribution in [2.75, 3.05) is 47.4 Å². The number of hydrogen-bond donors (Lipinski definition) is 4. The lowest BCUT2D eigenvalue weighted by Crippen LogP contribution is -2.44.